The van der Waals surface area contributed by atoms with Crippen LogP contribution in [-0.2, 0) is 17.9 Å². The van der Waals surface area contributed by atoms with Gasteiger partial charge in [-0.3, -0.25) is 24.6 Å². The van der Waals surface area contributed by atoms with E-state index in [4.69, 9.17) is 32.7 Å². The molecule has 12 heteroatoms. The Balaban J connectivity index is 1.51. The van der Waals surface area contributed by atoms with Gasteiger partial charge in [-0.2, -0.15) is 0 Å². The van der Waals surface area contributed by atoms with Crippen LogP contribution in [-0.4, -0.2) is 28.1 Å². The zero-order valence-electron chi connectivity index (χ0n) is 19.1. The predicted octanol–water partition coefficient (Wildman–Crippen LogP) is 7.49. The largest absolute Gasteiger partial charge is 0.493 e. The van der Waals surface area contributed by atoms with E-state index in [1.165, 1.54) is 19.2 Å². The Bertz CT molecular complexity index is 1430. The highest BCUT2D eigenvalue weighted by Crippen LogP contribution is 2.39. The topological polar surface area (TPSA) is 99.0 Å². The first-order chi connectivity index (χ1) is 17.7. The number of hydrogen-bond acceptors (Lipinski definition) is 7. The van der Waals surface area contributed by atoms with Gasteiger partial charge in [-0.05, 0) is 70.9 Å². The summed E-state index contributed by atoms with van der Waals surface area (Å²) >= 11 is 16.5. The first kappa shape index (κ1) is 27.0. The van der Waals surface area contributed by atoms with Gasteiger partial charge in [0, 0.05) is 26.7 Å². The molecule has 1 fully saturated rings. The number of carbonyl (C=O) groups is 2. The molecule has 0 unspecified atom stereocenters. The second-order valence-corrected chi connectivity index (χ2v) is 10.4. The fraction of sp³-hybridized carbons (Fsp3) is 0.120. The molecule has 0 N–H and O–H groups in total. The van der Waals surface area contributed by atoms with Gasteiger partial charge in [0.2, 0.25) is 0 Å². The minimum Gasteiger partial charge on any atom is -0.493 e. The molecule has 0 atom stereocenters. The number of imide groups is 1. The Kier molecular flexibility index (Phi) is 8.43. The lowest BCUT2D eigenvalue weighted by atomic mass is 10.1. The van der Waals surface area contributed by atoms with Crippen molar-refractivity contribution in [1.29, 1.82) is 0 Å². The van der Waals surface area contributed by atoms with Crippen molar-refractivity contribution in [3.05, 3.63) is 101 Å². The second-order valence-electron chi connectivity index (χ2n) is 7.74. The molecular weight excluding hydrogens is 607 g/mol. The normalized spacial score (nSPS) is 14.4. The summed E-state index contributed by atoms with van der Waals surface area (Å²) in [6.45, 7) is 0.185. The number of methoxy groups -OCH3 is 1. The highest BCUT2D eigenvalue weighted by molar-refractivity contribution is 9.10. The number of benzene rings is 3. The molecule has 1 heterocycles. The van der Waals surface area contributed by atoms with Crippen LogP contribution in [0.5, 0.6) is 11.5 Å². The first-order valence-corrected chi connectivity index (χ1v) is 13.0. The first-order valence-electron chi connectivity index (χ1n) is 10.6. The third-order valence-corrected chi connectivity index (χ3v) is 7.51. The number of rotatable bonds is 8. The van der Waals surface area contributed by atoms with Gasteiger partial charge >= 0.3 is 0 Å². The summed E-state index contributed by atoms with van der Waals surface area (Å²) in [5.41, 5.74) is 1.94. The highest BCUT2D eigenvalue weighted by atomic mass is 79.9. The monoisotopic (exact) mass is 622 g/mol. The molecule has 0 aromatic heterocycles. The van der Waals surface area contributed by atoms with Crippen LogP contribution >= 0.6 is 50.9 Å². The van der Waals surface area contributed by atoms with Crippen LogP contribution in [0.3, 0.4) is 0 Å². The van der Waals surface area contributed by atoms with Crippen LogP contribution in [0.25, 0.3) is 6.08 Å². The molecule has 1 aliphatic heterocycles. The van der Waals surface area contributed by atoms with E-state index >= 15 is 0 Å². The summed E-state index contributed by atoms with van der Waals surface area (Å²) in [6.07, 6.45) is 1.60. The third-order valence-electron chi connectivity index (χ3n) is 5.33. The number of nitro benzene ring substituents is 1. The number of halogens is 3. The van der Waals surface area contributed by atoms with E-state index in [0.717, 1.165) is 22.2 Å². The van der Waals surface area contributed by atoms with Gasteiger partial charge < -0.3 is 9.47 Å². The van der Waals surface area contributed by atoms with E-state index in [2.05, 4.69) is 15.9 Å². The van der Waals surface area contributed by atoms with Crippen LogP contribution < -0.4 is 9.47 Å². The third kappa shape index (κ3) is 6.27. The smallest absolute Gasteiger partial charge is 0.293 e. The molecule has 0 aliphatic carbocycles. The summed E-state index contributed by atoms with van der Waals surface area (Å²) in [5.74, 6) is 0.393. The van der Waals surface area contributed by atoms with Gasteiger partial charge in [-0.25, -0.2) is 0 Å². The lowest BCUT2D eigenvalue weighted by Crippen LogP contribution is -2.27. The van der Waals surface area contributed by atoms with Gasteiger partial charge in [0.15, 0.2) is 11.5 Å². The summed E-state index contributed by atoms with van der Waals surface area (Å²) in [6, 6.07) is 14.3. The van der Waals surface area contributed by atoms with E-state index in [0.29, 0.717) is 37.1 Å². The number of hydrogen-bond donors (Lipinski definition) is 0. The Morgan fingerprint density at radius 1 is 1.08 bits per heavy atom. The van der Waals surface area contributed by atoms with Gasteiger partial charge in [0.05, 0.1) is 23.5 Å². The average Bonchev–Trinajstić information content (AvgIpc) is 3.13. The standard InChI is InChI=1S/C25H17BrCl2N2O6S/c1-35-21-8-16(19(26)11-22(21)36-13-14-2-6-18(7-3-14)30(33)34)9-23-24(31)29(25(32)37-23)12-15-4-5-17(27)10-20(15)28/h2-11H,12-13H2,1H3/b23-9-. The molecule has 0 radical (unpaired) electrons. The molecule has 37 heavy (non-hydrogen) atoms. The molecular formula is C25H17BrCl2N2O6S. The average molecular weight is 624 g/mol. The lowest BCUT2D eigenvalue weighted by Gasteiger charge is -2.14. The fourth-order valence-electron chi connectivity index (χ4n) is 3.41. The summed E-state index contributed by atoms with van der Waals surface area (Å²) < 4.78 is 11.9. The van der Waals surface area contributed by atoms with E-state index in [1.807, 2.05) is 0 Å². The second kappa shape index (κ2) is 11.6. The van der Waals surface area contributed by atoms with Crippen LogP contribution in [0.1, 0.15) is 16.7 Å². The van der Waals surface area contributed by atoms with Crippen LogP contribution in [0, 0.1) is 10.1 Å². The number of nitro groups is 1. The van der Waals surface area contributed by atoms with E-state index < -0.39 is 16.1 Å². The van der Waals surface area contributed by atoms with Crippen molar-refractivity contribution in [3.8, 4) is 11.5 Å². The number of thioether (sulfide) groups is 1. The maximum absolute atomic E-state index is 13.0. The van der Waals surface area contributed by atoms with Crippen molar-refractivity contribution in [1.82, 2.24) is 4.90 Å². The number of carbonyl (C=O) groups excluding carboxylic acids is 2. The molecule has 1 saturated heterocycles. The van der Waals surface area contributed by atoms with Crippen LogP contribution in [0.4, 0.5) is 10.5 Å². The Hall–Kier alpha value is -3.05. The van der Waals surface area contributed by atoms with Crippen molar-refractivity contribution >= 4 is 73.8 Å². The van der Waals surface area contributed by atoms with E-state index in [-0.39, 0.29) is 23.7 Å². The predicted molar refractivity (Wildman–Crippen MR) is 146 cm³/mol. The minimum absolute atomic E-state index is 0.00546. The van der Waals surface area contributed by atoms with Crippen LogP contribution in [0.2, 0.25) is 10.0 Å². The number of nitrogens with zero attached hydrogens (tertiary/aromatic N) is 2. The SMILES string of the molecule is COc1cc(/C=C2\SC(=O)N(Cc3ccc(Cl)cc3Cl)C2=O)c(Br)cc1OCc1ccc([N+](=O)[O-])cc1. The molecule has 190 valence electrons. The lowest BCUT2D eigenvalue weighted by molar-refractivity contribution is -0.384. The van der Waals surface area contributed by atoms with Gasteiger partial charge in [0.25, 0.3) is 16.8 Å². The highest BCUT2D eigenvalue weighted by Gasteiger charge is 2.35. The molecule has 0 spiro atoms. The molecule has 1 aliphatic rings. The molecule has 8 nitrogen and oxygen atoms in total. The Morgan fingerprint density at radius 2 is 1.81 bits per heavy atom. The Morgan fingerprint density at radius 3 is 2.46 bits per heavy atom. The molecule has 3 aromatic rings. The number of non-ortho nitro benzene ring substituents is 1. The van der Waals surface area contributed by atoms with Crippen molar-refractivity contribution in [3.63, 3.8) is 0 Å². The molecule has 4 rings (SSSR count). The molecule has 0 saturated carbocycles. The van der Waals surface area contributed by atoms with Crippen molar-refractivity contribution in [2.75, 3.05) is 7.11 Å². The quantitative estimate of drug-likeness (QED) is 0.146. The Labute approximate surface area is 234 Å². The molecule has 3 aromatic carbocycles. The summed E-state index contributed by atoms with van der Waals surface area (Å²) in [5, 5.41) is 11.2. The summed E-state index contributed by atoms with van der Waals surface area (Å²) in [7, 11) is 1.48. The van der Waals surface area contributed by atoms with Crippen molar-refractivity contribution < 1.29 is 24.0 Å². The van der Waals surface area contributed by atoms with Gasteiger partial charge in [-0.1, -0.05) is 45.2 Å². The maximum atomic E-state index is 13.0. The van der Waals surface area contributed by atoms with Crippen molar-refractivity contribution in [2.24, 2.45) is 0 Å². The van der Waals surface area contributed by atoms with Gasteiger partial charge in [-0.15, -0.1) is 0 Å². The molecule has 2 amide bonds. The number of ether oxygens (including phenoxy) is 2. The molecule has 0 bridgehead atoms. The zero-order valence-corrected chi connectivity index (χ0v) is 23.0. The maximum Gasteiger partial charge on any atom is 0.293 e. The van der Waals surface area contributed by atoms with Crippen LogP contribution in [0.15, 0.2) is 64.0 Å². The van der Waals surface area contributed by atoms with E-state index in [1.54, 1.807) is 48.5 Å². The van der Waals surface area contributed by atoms with E-state index in [9.17, 15) is 19.7 Å². The van der Waals surface area contributed by atoms with Crippen molar-refractivity contribution in [2.45, 2.75) is 13.2 Å². The minimum atomic E-state index is -0.467. The number of amides is 2. The summed E-state index contributed by atoms with van der Waals surface area (Å²) in [4.78, 5) is 37.3. The van der Waals surface area contributed by atoms with Gasteiger partial charge in [0.1, 0.15) is 6.61 Å². The fourth-order valence-corrected chi connectivity index (χ4v) is 5.14. The zero-order chi connectivity index (χ0) is 26.7.